The number of hydrogen-bond donors (Lipinski definition) is 0. The first-order valence-electron chi connectivity index (χ1n) is 7.27. The summed E-state index contributed by atoms with van der Waals surface area (Å²) < 4.78 is 45.0. The quantitative estimate of drug-likeness (QED) is 0.600. The number of esters is 1. The second-order valence-electron chi connectivity index (χ2n) is 5.06. The van der Waals surface area contributed by atoms with Gasteiger partial charge in [0.1, 0.15) is 5.56 Å². The number of benzene rings is 1. The fraction of sp³-hybridized carbons (Fsp3) is 0.375. The van der Waals surface area contributed by atoms with Crippen LogP contribution in [-0.4, -0.2) is 23.0 Å². The average molecular weight is 362 g/mol. The number of ether oxygens (including phenoxy) is 1. The highest BCUT2D eigenvalue weighted by Crippen LogP contribution is 2.31. The van der Waals surface area contributed by atoms with E-state index in [4.69, 9.17) is 16.3 Å². The van der Waals surface area contributed by atoms with Gasteiger partial charge >= 0.3 is 12.1 Å². The van der Waals surface area contributed by atoms with Gasteiger partial charge in [0, 0.05) is 24.0 Å². The van der Waals surface area contributed by atoms with Crippen LogP contribution in [0, 0.1) is 0 Å². The predicted octanol–water partition coefficient (Wildman–Crippen LogP) is 3.83. The molecular weight excluding hydrogens is 347 g/mol. The number of aryl methyl sites for hydroxylation is 1. The van der Waals surface area contributed by atoms with Gasteiger partial charge in [0.15, 0.2) is 0 Å². The van der Waals surface area contributed by atoms with Crippen LogP contribution in [-0.2, 0) is 17.5 Å². The third-order valence-electron chi connectivity index (χ3n) is 3.44. The highest BCUT2D eigenvalue weighted by atomic mass is 35.5. The molecule has 0 aliphatic carbocycles. The zero-order chi connectivity index (χ0) is 17.9. The molecule has 0 spiro atoms. The molecule has 0 unspecified atom stereocenters. The molecule has 0 amide bonds. The minimum atomic E-state index is -4.53. The number of alkyl halides is 4. The fourth-order valence-electron chi connectivity index (χ4n) is 2.34. The van der Waals surface area contributed by atoms with Crippen molar-refractivity contribution in [1.29, 1.82) is 0 Å². The van der Waals surface area contributed by atoms with E-state index in [0.717, 1.165) is 18.2 Å². The first-order valence-corrected chi connectivity index (χ1v) is 7.80. The Balaban J connectivity index is 2.71. The van der Waals surface area contributed by atoms with E-state index in [-0.39, 0.29) is 29.6 Å². The molecule has 0 N–H and O–H groups in total. The van der Waals surface area contributed by atoms with E-state index in [0.29, 0.717) is 12.3 Å². The van der Waals surface area contributed by atoms with E-state index < -0.39 is 23.1 Å². The van der Waals surface area contributed by atoms with Crippen LogP contribution in [0.4, 0.5) is 13.2 Å². The number of rotatable bonds is 5. The van der Waals surface area contributed by atoms with Crippen LogP contribution in [0.25, 0.3) is 10.9 Å². The summed E-state index contributed by atoms with van der Waals surface area (Å²) >= 11 is 5.64. The molecule has 0 radical (unpaired) electrons. The lowest BCUT2D eigenvalue weighted by Gasteiger charge is -2.14. The molecule has 0 saturated carbocycles. The average Bonchev–Trinajstić information content (AvgIpc) is 2.53. The molecule has 0 fully saturated rings. The van der Waals surface area contributed by atoms with Gasteiger partial charge in [0.25, 0.3) is 0 Å². The Kier molecular flexibility index (Phi) is 5.54. The third-order valence-corrected chi connectivity index (χ3v) is 3.70. The molecule has 1 aromatic carbocycles. The van der Waals surface area contributed by atoms with Gasteiger partial charge in [-0.25, -0.2) is 4.79 Å². The summed E-state index contributed by atoms with van der Waals surface area (Å²) in [6, 6.07) is 2.81. The topological polar surface area (TPSA) is 48.3 Å². The van der Waals surface area contributed by atoms with Crippen molar-refractivity contribution >= 4 is 28.5 Å². The minimum Gasteiger partial charge on any atom is -0.462 e. The molecule has 0 aliphatic rings. The lowest BCUT2D eigenvalue weighted by Crippen LogP contribution is -2.21. The van der Waals surface area contributed by atoms with E-state index in [9.17, 15) is 22.8 Å². The Morgan fingerprint density at radius 3 is 2.62 bits per heavy atom. The van der Waals surface area contributed by atoms with Crippen LogP contribution in [0.5, 0.6) is 0 Å². The van der Waals surface area contributed by atoms with Crippen molar-refractivity contribution in [1.82, 2.24) is 4.57 Å². The largest absolute Gasteiger partial charge is 0.462 e. The van der Waals surface area contributed by atoms with Crippen molar-refractivity contribution in [3.8, 4) is 0 Å². The molecular formula is C16H15ClF3NO3. The smallest absolute Gasteiger partial charge is 0.416 e. The number of halogens is 4. The Morgan fingerprint density at radius 1 is 1.33 bits per heavy atom. The second-order valence-corrected chi connectivity index (χ2v) is 5.44. The Hall–Kier alpha value is -2.02. The van der Waals surface area contributed by atoms with Crippen molar-refractivity contribution in [3.05, 3.63) is 45.7 Å². The fourth-order valence-corrected chi connectivity index (χ4v) is 2.46. The zero-order valence-corrected chi connectivity index (χ0v) is 13.6. The maximum atomic E-state index is 12.9. The lowest BCUT2D eigenvalue weighted by molar-refractivity contribution is -0.137. The van der Waals surface area contributed by atoms with Gasteiger partial charge in [-0.15, -0.1) is 11.6 Å². The van der Waals surface area contributed by atoms with Crippen molar-refractivity contribution in [3.63, 3.8) is 0 Å². The number of pyridine rings is 1. The first-order chi connectivity index (χ1) is 11.3. The van der Waals surface area contributed by atoms with Gasteiger partial charge < -0.3 is 9.30 Å². The number of carbonyl (C=O) groups is 1. The van der Waals surface area contributed by atoms with Crippen LogP contribution in [0.3, 0.4) is 0 Å². The van der Waals surface area contributed by atoms with Gasteiger partial charge in [-0.05, 0) is 31.5 Å². The second kappa shape index (κ2) is 7.25. The number of carbonyl (C=O) groups excluding carboxylic acids is 1. The molecule has 8 heteroatoms. The molecule has 0 bridgehead atoms. The minimum absolute atomic E-state index is 0.0307. The van der Waals surface area contributed by atoms with Gasteiger partial charge in [-0.3, -0.25) is 4.79 Å². The van der Waals surface area contributed by atoms with Crippen LogP contribution in [0.1, 0.15) is 29.3 Å². The molecule has 0 aliphatic heterocycles. The van der Waals surface area contributed by atoms with Gasteiger partial charge in [-0.2, -0.15) is 13.2 Å². The van der Waals surface area contributed by atoms with Crippen molar-refractivity contribution in [2.75, 3.05) is 12.5 Å². The highest BCUT2D eigenvalue weighted by molar-refractivity contribution is 6.17. The Bertz CT molecular complexity index is 815. The summed E-state index contributed by atoms with van der Waals surface area (Å²) in [5.41, 5.74) is -1.62. The number of fused-ring (bicyclic) bond motifs is 1. The van der Waals surface area contributed by atoms with Gasteiger partial charge in [0.2, 0.25) is 5.43 Å². The predicted molar refractivity (Wildman–Crippen MR) is 84.5 cm³/mol. The summed E-state index contributed by atoms with van der Waals surface area (Å²) in [6.07, 6.45) is -2.82. The van der Waals surface area contributed by atoms with Crippen molar-refractivity contribution < 1.29 is 22.7 Å². The first kappa shape index (κ1) is 18.3. The molecule has 130 valence electrons. The molecule has 4 nitrogen and oxygen atoms in total. The monoisotopic (exact) mass is 361 g/mol. The van der Waals surface area contributed by atoms with Gasteiger partial charge in [0.05, 0.1) is 17.7 Å². The van der Waals surface area contributed by atoms with Gasteiger partial charge in [-0.1, -0.05) is 0 Å². The van der Waals surface area contributed by atoms with Crippen LogP contribution < -0.4 is 5.43 Å². The maximum Gasteiger partial charge on any atom is 0.416 e. The van der Waals surface area contributed by atoms with E-state index in [1.165, 1.54) is 10.8 Å². The Morgan fingerprint density at radius 2 is 2.04 bits per heavy atom. The number of nitrogens with zero attached hydrogens (tertiary/aromatic N) is 1. The van der Waals surface area contributed by atoms with E-state index in [1.54, 1.807) is 6.92 Å². The molecule has 24 heavy (non-hydrogen) atoms. The lowest BCUT2D eigenvalue weighted by atomic mass is 10.1. The molecule has 2 aromatic rings. The summed E-state index contributed by atoms with van der Waals surface area (Å²) in [5.74, 6) is -0.509. The summed E-state index contributed by atoms with van der Waals surface area (Å²) in [5, 5.41) is 0.0307. The van der Waals surface area contributed by atoms with Crippen LogP contribution >= 0.6 is 11.6 Å². The van der Waals surface area contributed by atoms with Crippen LogP contribution in [0.2, 0.25) is 0 Å². The molecule has 0 saturated heterocycles. The van der Waals surface area contributed by atoms with Crippen LogP contribution in [0.15, 0.2) is 29.2 Å². The molecule has 1 heterocycles. The molecule has 0 atom stereocenters. The van der Waals surface area contributed by atoms with Crippen molar-refractivity contribution in [2.45, 2.75) is 26.1 Å². The van der Waals surface area contributed by atoms with E-state index in [2.05, 4.69) is 0 Å². The zero-order valence-electron chi connectivity index (χ0n) is 12.8. The highest BCUT2D eigenvalue weighted by Gasteiger charge is 2.31. The number of hydrogen-bond acceptors (Lipinski definition) is 3. The summed E-state index contributed by atoms with van der Waals surface area (Å²) in [4.78, 5) is 24.3. The standard InChI is InChI=1S/C16H15ClF3NO3/c1-2-24-15(23)12-9-21(7-3-6-17)13-8-10(16(18,19)20)4-5-11(13)14(12)22/h4-5,8-9H,2-3,6-7H2,1H3. The number of aromatic nitrogens is 1. The molecule has 1 aromatic heterocycles. The normalized spacial score (nSPS) is 11.7. The SMILES string of the molecule is CCOC(=O)c1cn(CCCCl)c2cc(C(F)(F)F)ccc2c1=O. The molecule has 2 rings (SSSR count). The summed E-state index contributed by atoms with van der Waals surface area (Å²) in [6.45, 7) is 1.96. The van der Waals surface area contributed by atoms with E-state index >= 15 is 0 Å². The van der Waals surface area contributed by atoms with E-state index in [1.807, 2.05) is 0 Å². The summed E-state index contributed by atoms with van der Waals surface area (Å²) in [7, 11) is 0. The maximum absolute atomic E-state index is 12.9. The third kappa shape index (κ3) is 3.72. The Labute approximate surface area is 140 Å². The van der Waals surface area contributed by atoms with Crippen molar-refractivity contribution in [2.24, 2.45) is 0 Å².